The molecule has 0 aliphatic carbocycles. The number of rotatable bonds is 15. The quantitative estimate of drug-likeness (QED) is 0.0618. The van der Waals surface area contributed by atoms with Gasteiger partial charge in [-0.05, 0) is 117 Å². The number of aliphatic hydroxyl groups is 7. The van der Waals surface area contributed by atoms with E-state index in [1.165, 1.54) is 70.3 Å². The van der Waals surface area contributed by atoms with Crippen LogP contribution < -0.4 is 62.9 Å². The van der Waals surface area contributed by atoms with E-state index in [0.717, 1.165) is 42.5 Å². The van der Waals surface area contributed by atoms with Crippen LogP contribution in [0.5, 0.6) is 46.0 Å². The number of benzene rings is 5. The minimum atomic E-state index is -2.35. The number of amides is 7. The van der Waals surface area contributed by atoms with Crippen LogP contribution in [0.4, 0.5) is 0 Å². The average Bonchev–Trinajstić information content (AvgIpc) is 0.765. The normalized spacial score (nSPS) is 31.7. The second-order valence-electron chi connectivity index (χ2n) is 28.3. The summed E-state index contributed by atoms with van der Waals surface area (Å²) in [6.45, 7) is 7.01. The van der Waals surface area contributed by atoms with E-state index in [4.69, 9.17) is 61.0 Å². The highest BCUT2D eigenvalue weighted by Gasteiger charge is 2.51. The molecule has 0 radical (unpaired) electrons. The van der Waals surface area contributed by atoms with Gasteiger partial charge in [0.05, 0.1) is 48.5 Å². The summed E-state index contributed by atoms with van der Waals surface area (Å²) in [4.78, 5) is 119. The molecule has 7 amide bonds. The van der Waals surface area contributed by atoms with Crippen molar-refractivity contribution in [2.24, 2.45) is 17.4 Å². The second kappa shape index (κ2) is 32.9. The fourth-order valence-corrected chi connectivity index (χ4v) is 14.1. The van der Waals surface area contributed by atoms with E-state index in [-0.39, 0.29) is 46.9 Å². The Morgan fingerprint density at radius 2 is 1.35 bits per heavy atom. The van der Waals surface area contributed by atoms with Crippen molar-refractivity contribution >= 4 is 58.9 Å². The van der Waals surface area contributed by atoms with Crippen molar-refractivity contribution in [1.82, 2.24) is 37.2 Å². The lowest BCUT2D eigenvalue weighted by molar-refractivity contribution is -0.335. The molecule has 3 saturated heterocycles. The lowest BCUT2D eigenvalue weighted by Gasteiger charge is -2.44. The summed E-state index contributed by atoms with van der Waals surface area (Å²) in [6, 6.07) is 1.32. The van der Waals surface area contributed by atoms with Crippen LogP contribution in [0.1, 0.15) is 118 Å². The number of aromatic hydroxyl groups is 3. The number of phenols is 3. The van der Waals surface area contributed by atoms with E-state index in [0.29, 0.717) is 0 Å². The summed E-state index contributed by atoms with van der Waals surface area (Å²) >= 11 is 7.32. The van der Waals surface area contributed by atoms with E-state index >= 15 is 19.2 Å². The minimum absolute atomic E-state index is 0.0636. The smallest absolute Gasteiger partial charge is 0.330 e. The monoisotopic (exact) mass is 1540 g/mol. The summed E-state index contributed by atoms with van der Waals surface area (Å²) in [5.41, 5.74) is 8.32. The maximum Gasteiger partial charge on any atom is 0.330 e. The van der Waals surface area contributed by atoms with Crippen molar-refractivity contribution in [3.63, 3.8) is 0 Å². The molecule has 36 nitrogen and oxygen atoms in total. The maximum atomic E-state index is 16.3. The number of aliphatic hydroxyl groups excluding tert-OH is 7. The number of nitrogens with one attached hydrogen (secondary N) is 7. The molecule has 8 aliphatic rings. The van der Waals surface area contributed by atoms with Gasteiger partial charge in [0.15, 0.2) is 36.2 Å². The van der Waals surface area contributed by atoms with E-state index in [9.17, 15) is 75.3 Å². The van der Waals surface area contributed by atoms with Crippen molar-refractivity contribution in [3.05, 3.63) is 118 Å². The molecule has 588 valence electrons. The van der Waals surface area contributed by atoms with Crippen LogP contribution in [0, 0.1) is 5.92 Å². The third kappa shape index (κ3) is 17.4. The van der Waals surface area contributed by atoms with Crippen LogP contribution in [0.3, 0.4) is 0 Å². The number of carboxylic acid groups (broad SMARTS) is 1. The lowest BCUT2D eigenvalue weighted by Crippen LogP contribution is -2.62. The molecule has 22 N–H and O–H groups in total. The van der Waals surface area contributed by atoms with Gasteiger partial charge < -0.3 is 143 Å². The highest BCUT2D eigenvalue weighted by Crippen LogP contribution is 2.50. The first-order valence-electron chi connectivity index (χ1n) is 34.8. The van der Waals surface area contributed by atoms with E-state index in [1.807, 2.05) is 13.8 Å². The molecule has 5 aromatic rings. The minimum Gasteiger partial charge on any atom is -0.508 e. The number of hydrogen-bond acceptors (Lipinski definition) is 28. The first-order chi connectivity index (χ1) is 51.5. The molecule has 8 heterocycles. The molecule has 8 aliphatic heterocycles. The number of carbonyl (C=O) groups is 8. The van der Waals surface area contributed by atoms with Gasteiger partial charge >= 0.3 is 5.97 Å². The Morgan fingerprint density at radius 1 is 0.697 bits per heavy atom. The number of aliphatic carboxylic acids is 1. The van der Waals surface area contributed by atoms with Crippen LogP contribution >= 0.6 is 11.6 Å². The van der Waals surface area contributed by atoms with E-state index in [2.05, 4.69) is 37.2 Å². The van der Waals surface area contributed by atoms with Crippen LogP contribution in [0.15, 0.2) is 84.9 Å². The van der Waals surface area contributed by atoms with Gasteiger partial charge in [0.25, 0.3) is 0 Å². The Kier molecular flexibility index (Phi) is 24.3. The van der Waals surface area contributed by atoms with Gasteiger partial charge in [-0.1, -0.05) is 49.7 Å². The standard InChI is InChI=1S/C72H86ClN9O27/c1-26(2)15-38(76-6)64(94)81-54-57(90)29-7-11-34(12-8-29)104-44-18-32-19-45(61(44)109-71-62(59(92)58(91)46(25-83)106-71)107-48-23-42(87)56(89)27(3)102-48)105-43-14-10-31(17-37(43)73)60(108-49-24-72(5,75)63(93)28(4)103-49)55-69(99)80-53(70(100)101)36-20-33(84)21-41(86)50(36)35-16-30(9-13-40(35)85)51(66(96)82-55)79-67(97)52(32)78-65(95)39(22-47(74)88)77-68(54)98/h7-14,16-21,26-28,38-39,42,46,48-49,51-60,62-63,71,76,83-87,89-93H,15,22-25,75H2,1-6H3,(H2,74,88)(H,77,98)(H,78,95)(H,79,97)(H,80,99)(H,81,94)(H,82,96)(H,100,101)/t27-,28+,38+,39-,42-,46-,48-,49+,51+,52-,53-,54+,55+,56+,57+,58+,59-,60-,62+,63+,71-,72-/m1/s1. The zero-order valence-corrected chi connectivity index (χ0v) is 60.1. The third-order valence-corrected chi connectivity index (χ3v) is 19.9. The summed E-state index contributed by atoms with van der Waals surface area (Å²) in [5.74, 6) is -15.6. The maximum absolute atomic E-state index is 16.3. The highest BCUT2D eigenvalue weighted by molar-refractivity contribution is 6.32. The van der Waals surface area contributed by atoms with Crippen molar-refractivity contribution in [2.45, 2.75) is 194 Å². The topological polar surface area (TPSA) is 569 Å². The molecular weight excluding hydrogens is 1460 g/mol. The number of phenolic OH excluding ortho intramolecular Hbond substituents is 3. The molecule has 11 bridgehead atoms. The van der Waals surface area contributed by atoms with Gasteiger partial charge in [-0.3, -0.25) is 33.6 Å². The zero-order chi connectivity index (χ0) is 79.1. The van der Waals surface area contributed by atoms with Crippen molar-refractivity contribution in [1.29, 1.82) is 0 Å². The van der Waals surface area contributed by atoms with Crippen LogP contribution in [0.25, 0.3) is 11.1 Å². The van der Waals surface area contributed by atoms with Crippen molar-refractivity contribution in [2.75, 3.05) is 13.7 Å². The van der Waals surface area contributed by atoms with Crippen molar-refractivity contribution in [3.8, 4) is 57.1 Å². The fourth-order valence-electron chi connectivity index (χ4n) is 13.9. The Morgan fingerprint density at radius 3 is 1.99 bits per heavy atom. The Labute approximate surface area is 626 Å². The number of primary amides is 1. The molecule has 5 aromatic carbocycles. The van der Waals surface area contributed by atoms with Gasteiger partial charge in [0.1, 0.15) is 95.6 Å². The number of ether oxygens (including phenoxy) is 8. The lowest BCUT2D eigenvalue weighted by atomic mass is 9.86. The summed E-state index contributed by atoms with van der Waals surface area (Å²) < 4.78 is 51.2. The second-order valence-corrected chi connectivity index (χ2v) is 28.7. The number of fused-ring (bicyclic) bond motifs is 15. The molecule has 0 spiro atoms. The number of nitrogens with two attached hydrogens (primary N) is 2. The van der Waals surface area contributed by atoms with Gasteiger partial charge in [-0.2, -0.15) is 0 Å². The summed E-state index contributed by atoms with van der Waals surface area (Å²) in [6.07, 6.45) is -24.6. The molecule has 37 heteroatoms. The molecule has 0 aromatic heterocycles. The molecule has 22 atom stereocenters. The van der Waals surface area contributed by atoms with Crippen LogP contribution in [-0.4, -0.2) is 221 Å². The number of carbonyl (C=O) groups excluding carboxylic acids is 7. The largest absolute Gasteiger partial charge is 0.508 e. The fraction of sp³-hybridized carbons (Fsp3) is 0.472. The van der Waals surface area contributed by atoms with Gasteiger partial charge in [-0.25, -0.2) is 4.79 Å². The van der Waals surface area contributed by atoms with Gasteiger partial charge in [0.2, 0.25) is 53.4 Å². The van der Waals surface area contributed by atoms with Crippen LogP contribution in [0.2, 0.25) is 5.02 Å². The Bertz CT molecular complexity index is 4280. The summed E-state index contributed by atoms with van der Waals surface area (Å²) in [7, 11) is 1.48. The predicted octanol–water partition coefficient (Wildman–Crippen LogP) is -0.666. The molecule has 0 unspecified atom stereocenters. The Balaban J connectivity index is 1.18. The molecule has 3 fully saturated rings. The SMILES string of the molecule is CN[C@@H](CC(C)C)C(=O)N[C@@H]1C(=O)N[C@H](CC(N)=O)C(=O)N[C@H]2C(=O)N[C@@H]3C(=O)N[C@H](C(=O)N[C@@H](C(=O)O)c4cc(O)cc(O)c4-c4cc3ccc4O)[C@H](O[C@H]3C[C@@](C)(N)[C@@H](O)[C@H](C)O3)c3ccc(c(Cl)c3)Oc3cc2cc(c3O[C@H]2O[C@H](CO)[C@H](O)[C@@H](O)[C@@H]2O[C@@H]2C[C@@H](O)[C@@H](O)[C@@H](C)O2)Oc2ccc(cc2)[C@@H]1O. The molecule has 0 saturated carbocycles. The number of likely N-dealkylation sites (N-methyl/N-ethyl adjacent to an activating group) is 1. The number of halogens is 1. The number of hydrogen-bond donors (Lipinski definition) is 20. The average molecular weight is 1540 g/mol. The Hall–Kier alpha value is -9.61. The number of carboxylic acids is 1. The third-order valence-electron chi connectivity index (χ3n) is 19.7. The molecule has 109 heavy (non-hydrogen) atoms. The van der Waals surface area contributed by atoms with Crippen LogP contribution in [-0.2, 0) is 62.0 Å². The first-order valence-corrected chi connectivity index (χ1v) is 35.2. The van der Waals surface area contributed by atoms with Gasteiger partial charge in [-0.15, -0.1) is 0 Å². The summed E-state index contributed by atoms with van der Waals surface area (Å²) in [5, 5.41) is 142. The molecular formula is C72H86ClN9O27. The molecule has 13 rings (SSSR count). The van der Waals surface area contributed by atoms with E-state index in [1.54, 1.807) is 0 Å². The highest BCUT2D eigenvalue weighted by atomic mass is 35.5. The predicted molar refractivity (Wildman–Crippen MR) is 374 cm³/mol. The zero-order valence-electron chi connectivity index (χ0n) is 59.3. The van der Waals surface area contributed by atoms with Crippen molar-refractivity contribution < 1.29 is 132 Å². The van der Waals surface area contributed by atoms with Gasteiger partial charge in [0, 0.05) is 41.1 Å². The van der Waals surface area contributed by atoms with E-state index < -0.39 is 262 Å². The first kappa shape index (κ1) is 80.4.